The molecule has 1 saturated heterocycles. The number of carbonyl (C=O) groups is 1. The number of halogens is 1. The lowest BCUT2D eigenvalue weighted by Gasteiger charge is -2.20. The lowest BCUT2D eigenvalue weighted by molar-refractivity contribution is -0.127. The smallest absolute Gasteiger partial charge is 0.223 e. The molecule has 1 aliphatic heterocycles. The monoisotopic (exact) mass is 247 g/mol. The Labute approximate surface area is 86.7 Å². The van der Waals surface area contributed by atoms with Crippen LogP contribution < -0.4 is 5.32 Å². The fraction of sp³-hybridized carbons (Fsp3) is 0.667. The first-order valence-electron chi connectivity index (χ1n) is 4.39. The number of nitrogens with one attached hydrogen (secondary N) is 1. The molecule has 1 heterocycles. The van der Waals surface area contributed by atoms with Gasteiger partial charge in [-0.3, -0.25) is 4.79 Å². The van der Waals surface area contributed by atoms with Gasteiger partial charge in [-0.1, -0.05) is 22.5 Å². The molecule has 0 unspecified atom stereocenters. The van der Waals surface area contributed by atoms with Crippen LogP contribution in [0.5, 0.6) is 0 Å². The van der Waals surface area contributed by atoms with Crippen molar-refractivity contribution in [3.05, 3.63) is 11.1 Å². The molecule has 13 heavy (non-hydrogen) atoms. The van der Waals surface area contributed by atoms with E-state index in [9.17, 15) is 4.79 Å². The number of hydrogen-bond donors (Lipinski definition) is 1. The van der Waals surface area contributed by atoms with Crippen LogP contribution in [0.4, 0.5) is 0 Å². The van der Waals surface area contributed by atoms with Crippen LogP contribution in [0.3, 0.4) is 0 Å². The summed E-state index contributed by atoms with van der Waals surface area (Å²) in [6.07, 6.45) is 1.67. The predicted octanol–water partition coefficient (Wildman–Crippen LogP) is 1.44. The minimum atomic E-state index is 0.115. The van der Waals surface area contributed by atoms with E-state index in [2.05, 4.69) is 27.8 Å². The lowest BCUT2D eigenvalue weighted by atomic mass is 9.99. The summed E-state index contributed by atoms with van der Waals surface area (Å²) in [5.41, 5.74) is 0. The maximum atomic E-state index is 11.5. The Bertz CT molecular complexity index is 200. The van der Waals surface area contributed by atoms with Crippen molar-refractivity contribution in [1.29, 1.82) is 0 Å². The second-order valence-corrected chi connectivity index (χ2v) is 4.24. The van der Waals surface area contributed by atoms with E-state index in [4.69, 9.17) is 4.74 Å². The minimum absolute atomic E-state index is 0.115. The maximum absolute atomic E-state index is 11.5. The quantitative estimate of drug-likeness (QED) is 0.820. The molecule has 1 rings (SSSR count). The summed E-state index contributed by atoms with van der Waals surface area (Å²) >= 11 is 3.19. The van der Waals surface area contributed by atoms with Crippen molar-refractivity contribution >= 4 is 21.8 Å². The van der Waals surface area contributed by atoms with Gasteiger partial charge in [-0.15, -0.1) is 0 Å². The largest absolute Gasteiger partial charge is 0.381 e. The maximum Gasteiger partial charge on any atom is 0.223 e. The third kappa shape index (κ3) is 3.91. The molecule has 0 aromatic rings. The van der Waals surface area contributed by atoms with Crippen LogP contribution in [-0.2, 0) is 9.53 Å². The first-order chi connectivity index (χ1) is 6.20. The molecule has 0 radical (unpaired) electrons. The topological polar surface area (TPSA) is 38.3 Å². The molecule has 74 valence electrons. The highest BCUT2D eigenvalue weighted by Crippen LogP contribution is 2.14. The van der Waals surface area contributed by atoms with Crippen LogP contribution in [0.1, 0.15) is 12.8 Å². The van der Waals surface area contributed by atoms with Crippen molar-refractivity contribution in [1.82, 2.24) is 5.32 Å². The molecule has 0 atom stereocenters. The summed E-state index contributed by atoms with van der Waals surface area (Å²) in [5, 5.41) is 2.81. The zero-order valence-corrected chi connectivity index (χ0v) is 9.10. The molecule has 0 saturated carbocycles. The normalized spacial score (nSPS) is 18.2. The Morgan fingerprint density at radius 2 is 2.15 bits per heavy atom. The highest BCUT2D eigenvalue weighted by atomic mass is 79.9. The van der Waals surface area contributed by atoms with Crippen molar-refractivity contribution in [2.75, 3.05) is 19.8 Å². The van der Waals surface area contributed by atoms with E-state index in [0.717, 1.165) is 17.3 Å². The van der Waals surface area contributed by atoms with Crippen LogP contribution >= 0.6 is 15.9 Å². The van der Waals surface area contributed by atoms with Gasteiger partial charge in [-0.2, -0.15) is 0 Å². The lowest BCUT2D eigenvalue weighted by Crippen LogP contribution is -2.34. The van der Waals surface area contributed by atoms with Gasteiger partial charge in [0.1, 0.15) is 0 Å². The predicted molar refractivity (Wildman–Crippen MR) is 54.6 cm³/mol. The molecule has 0 spiro atoms. The van der Waals surface area contributed by atoms with Crippen LogP contribution in [0.15, 0.2) is 11.1 Å². The van der Waals surface area contributed by atoms with E-state index in [-0.39, 0.29) is 11.8 Å². The second kappa shape index (κ2) is 5.40. The van der Waals surface area contributed by atoms with Gasteiger partial charge >= 0.3 is 0 Å². The van der Waals surface area contributed by atoms with Gasteiger partial charge in [0.15, 0.2) is 0 Å². The minimum Gasteiger partial charge on any atom is -0.381 e. The van der Waals surface area contributed by atoms with Crippen LogP contribution in [0.25, 0.3) is 0 Å². The molecule has 1 N–H and O–H groups in total. The molecule has 1 amide bonds. The number of ether oxygens (including phenoxy) is 1. The Kier molecular flexibility index (Phi) is 4.45. The summed E-state index contributed by atoms with van der Waals surface area (Å²) in [4.78, 5) is 11.5. The van der Waals surface area contributed by atoms with Gasteiger partial charge in [-0.25, -0.2) is 0 Å². The number of carbonyl (C=O) groups excluding carboxylic acids is 1. The highest BCUT2D eigenvalue weighted by Gasteiger charge is 2.20. The zero-order chi connectivity index (χ0) is 9.68. The van der Waals surface area contributed by atoms with Crippen molar-refractivity contribution in [3.8, 4) is 0 Å². The van der Waals surface area contributed by atoms with Crippen molar-refractivity contribution < 1.29 is 9.53 Å². The van der Waals surface area contributed by atoms with E-state index in [1.165, 1.54) is 0 Å². The van der Waals surface area contributed by atoms with Gasteiger partial charge in [0.05, 0.1) is 0 Å². The molecule has 1 fully saturated rings. The Morgan fingerprint density at radius 3 is 2.69 bits per heavy atom. The summed E-state index contributed by atoms with van der Waals surface area (Å²) < 4.78 is 5.97. The summed E-state index contributed by atoms with van der Waals surface area (Å²) in [6.45, 7) is 5.56. The second-order valence-electron chi connectivity index (χ2n) is 3.12. The molecule has 0 aromatic heterocycles. The van der Waals surface area contributed by atoms with E-state index < -0.39 is 0 Å². The van der Waals surface area contributed by atoms with Gasteiger partial charge in [0.25, 0.3) is 0 Å². The zero-order valence-electron chi connectivity index (χ0n) is 7.51. The van der Waals surface area contributed by atoms with Crippen LogP contribution in [-0.4, -0.2) is 25.7 Å². The van der Waals surface area contributed by atoms with E-state index >= 15 is 0 Å². The van der Waals surface area contributed by atoms with Gasteiger partial charge in [0, 0.05) is 30.2 Å². The highest BCUT2D eigenvalue weighted by molar-refractivity contribution is 9.11. The van der Waals surface area contributed by atoms with Crippen LogP contribution in [0, 0.1) is 5.92 Å². The van der Waals surface area contributed by atoms with Crippen molar-refractivity contribution in [3.63, 3.8) is 0 Å². The average Bonchev–Trinajstić information content (AvgIpc) is 2.15. The average molecular weight is 248 g/mol. The Hall–Kier alpha value is -0.350. The van der Waals surface area contributed by atoms with Gasteiger partial charge < -0.3 is 10.1 Å². The van der Waals surface area contributed by atoms with Crippen molar-refractivity contribution in [2.45, 2.75) is 12.8 Å². The third-order valence-corrected chi connectivity index (χ3v) is 2.33. The first-order valence-corrected chi connectivity index (χ1v) is 5.18. The molecule has 0 aliphatic carbocycles. The van der Waals surface area contributed by atoms with Gasteiger partial charge in [0.2, 0.25) is 5.91 Å². The molecule has 3 nitrogen and oxygen atoms in total. The summed E-state index contributed by atoms with van der Waals surface area (Å²) in [7, 11) is 0. The molecule has 0 aromatic carbocycles. The fourth-order valence-corrected chi connectivity index (χ4v) is 1.43. The Morgan fingerprint density at radius 1 is 1.54 bits per heavy atom. The molecular formula is C9H14BrNO2. The Balaban J connectivity index is 2.25. The van der Waals surface area contributed by atoms with Crippen LogP contribution in [0.2, 0.25) is 0 Å². The first kappa shape index (κ1) is 10.7. The molecule has 1 aliphatic rings. The number of amides is 1. The van der Waals surface area contributed by atoms with E-state index in [0.29, 0.717) is 19.8 Å². The van der Waals surface area contributed by atoms with E-state index in [1.807, 2.05) is 0 Å². The summed E-state index contributed by atoms with van der Waals surface area (Å²) in [6, 6.07) is 0. The molecule has 4 heteroatoms. The summed E-state index contributed by atoms with van der Waals surface area (Å²) in [5.74, 6) is 0.240. The number of rotatable bonds is 3. The van der Waals surface area contributed by atoms with Gasteiger partial charge in [-0.05, 0) is 12.8 Å². The SMILES string of the molecule is C=C(Br)CNC(=O)C1CCOCC1. The third-order valence-electron chi connectivity index (χ3n) is 2.05. The number of hydrogen-bond acceptors (Lipinski definition) is 2. The van der Waals surface area contributed by atoms with E-state index in [1.54, 1.807) is 0 Å². The molecular weight excluding hydrogens is 234 g/mol. The fourth-order valence-electron chi connectivity index (χ4n) is 1.29. The van der Waals surface area contributed by atoms with Crippen molar-refractivity contribution in [2.24, 2.45) is 5.92 Å². The standard InChI is InChI=1S/C9H14BrNO2/c1-7(10)6-11-9(12)8-2-4-13-5-3-8/h8H,1-6H2,(H,11,12). The molecule has 0 bridgehead atoms.